The summed E-state index contributed by atoms with van der Waals surface area (Å²) in [4.78, 5) is 16.8. The van der Waals surface area contributed by atoms with Crippen LogP contribution in [0.15, 0.2) is 52.1 Å². The van der Waals surface area contributed by atoms with Gasteiger partial charge in [0.1, 0.15) is 5.75 Å². The lowest BCUT2D eigenvalue weighted by atomic mass is 10.2. The number of anilines is 1. The zero-order valence-electron chi connectivity index (χ0n) is 13.0. The molecule has 0 saturated carbocycles. The normalized spacial score (nSPS) is 10.6. The second kappa shape index (κ2) is 9.30. The minimum atomic E-state index is -0.311. The van der Waals surface area contributed by atoms with Gasteiger partial charge >= 0.3 is 0 Å². The van der Waals surface area contributed by atoms with E-state index in [9.17, 15) is 4.79 Å². The molecule has 2 rings (SSSR count). The molecule has 0 radical (unpaired) electrons. The average molecular weight is 412 g/mol. The standard InChI is InChI=1S/C17H16BrClN2O3/c1-2-23-16-8-3-13(18)9-12(16)10-20-24-11-17(22)21-15-6-4-14(19)5-7-15/h3-10H,2,11H2,1H3,(H,21,22)/b20-10+. The first kappa shape index (κ1) is 18.3. The van der Waals surface area contributed by atoms with Crippen molar-refractivity contribution in [2.24, 2.45) is 5.16 Å². The van der Waals surface area contributed by atoms with E-state index in [1.165, 1.54) is 6.21 Å². The molecule has 0 heterocycles. The van der Waals surface area contributed by atoms with Crippen LogP contribution < -0.4 is 10.1 Å². The summed E-state index contributed by atoms with van der Waals surface area (Å²) in [5.41, 5.74) is 1.40. The fourth-order valence-corrected chi connectivity index (χ4v) is 2.33. The van der Waals surface area contributed by atoms with Gasteiger partial charge in [-0.1, -0.05) is 32.7 Å². The number of nitrogens with zero attached hydrogens (tertiary/aromatic N) is 1. The highest BCUT2D eigenvalue weighted by atomic mass is 79.9. The quantitative estimate of drug-likeness (QED) is 0.539. The molecule has 0 aliphatic rings. The molecular weight excluding hydrogens is 396 g/mol. The number of carbonyl (C=O) groups excluding carboxylic acids is 1. The Hall–Kier alpha value is -2.05. The Balaban J connectivity index is 1.87. The molecular formula is C17H16BrClN2O3. The van der Waals surface area contributed by atoms with Crippen molar-refractivity contribution in [1.82, 2.24) is 0 Å². The number of halogens is 2. The number of oxime groups is 1. The van der Waals surface area contributed by atoms with Crippen molar-refractivity contribution in [3.05, 3.63) is 57.5 Å². The molecule has 1 N–H and O–H groups in total. The molecule has 5 nitrogen and oxygen atoms in total. The van der Waals surface area contributed by atoms with Crippen molar-refractivity contribution in [1.29, 1.82) is 0 Å². The summed E-state index contributed by atoms with van der Waals surface area (Å²) in [5.74, 6) is 0.382. The lowest BCUT2D eigenvalue weighted by molar-refractivity contribution is -0.120. The zero-order chi connectivity index (χ0) is 17.4. The minimum absolute atomic E-state index is 0.197. The summed E-state index contributed by atoms with van der Waals surface area (Å²) in [5, 5.41) is 7.10. The second-order valence-corrected chi connectivity index (χ2v) is 6.03. The number of hydrogen-bond donors (Lipinski definition) is 1. The first-order valence-corrected chi connectivity index (χ1v) is 8.38. The van der Waals surface area contributed by atoms with E-state index in [1.807, 2.05) is 25.1 Å². The van der Waals surface area contributed by atoms with Crippen LogP contribution in [0.2, 0.25) is 5.02 Å². The summed E-state index contributed by atoms with van der Waals surface area (Å²) >= 11 is 9.18. The molecule has 0 fully saturated rings. The maximum atomic E-state index is 11.8. The highest BCUT2D eigenvalue weighted by Crippen LogP contribution is 2.21. The van der Waals surface area contributed by atoms with E-state index >= 15 is 0 Å². The van der Waals surface area contributed by atoms with E-state index in [4.69, 9.17) is 21.2 Å². The van der Waals surface area contributed by atoms with Gasteiger partial charge in [0.05, 0.1) is 12.8 Å². The molecule has 0 atom stereocenters. The first-order valence-electron chi connectivity index (χ1n) is 7.21. The maximum Gasteiger partial charge on any atom is 0.265 e. The average Bonchev–Trinajstić information content (AvgIpc) is 2.56. The van der Waals surface area contributed by atoms with Crippen LogP contribution in [0.3, 0.4) is 0 Å². The van der Waals surface area contributed by atoms with E-state index < -0.39 is 0 Å². The number of rotatable bonds is 7. The van der Waals surface area contributed by atoms with Crippen LogP contribution in [0.5, 0.6) is 5.75 Å². The van der Waals surface area contributed by atoms with E-state index in [-0.39, 0.29) is 12.5 Å². The third-order valence-corrected chi connectivity index (χ3v) is 3.61. The highest BCUT2D eigenvalue weighted by Gasteiger charge is 2.04. The van der Waals surface area contributed by atoms with Crippen LogP contribution in [0.4, 0.5) is 5.69 Å². The molecule has 2 aromatic rings. The fraction of sp³-hybridized carbons (Fsp3) is 0.176. The summed E-state index contributed by atoms with van der Waals surface area (Å²) in [6.45, 7) is 2.25. The smallest absolute Gasteiger partial charge is 0.265 e. The Labute approximate surface area is 153 Å². The van der Waals surface area contributed by atoms with Crippen LogP contribution in [-0.4, -0.2) is 25.3 Å². The first-order chi connectivity index (χ1) is 11.6. The maximum absolute atomic E-state index is 11.8. The predicted octanol–water partition coefficient (Wildman–Crippen LogP) is 4.49. The number of nitrogens with one attached hydrogen (secondary N) is 1. The van der Waals surface area contributed by atoms with Gasteiger partial charge in [0.25, 0.3) is 5.91 Å². The summed E-state index contributed by atoms with van der Waals surface area (Å²) in [6.07, 6.45) is 1.51. The van der Waals surface area contributed by atoms with Crippen LogP contribution >= 0.6 is 27.5 Å². The molecule has 0 aliphatic carbocycles. The number of amides is 1. The van der Waals surface area contributed by atoms with Crippen LogP contribution in [0.1, 0.15) is 12.5 Å². The van der Waals surface area contributed by atoms with Gasteiger partial charge in [0.2, 0.25) is 0 Å². The second-order valence-electron chi connectivity index (χ2n) is 4.68. The van der Waals surface area contributed by atoms with Gasteiger partial charge in [0.15, 0.2) is 6.61 Å². The molecule has 7 heteroatoms. The third kappa shape index (κ3) is 5.86. The zero-order valence-corrected chi connectivity index (χ0v) is 15.3. The summed E-state index contributed by atoms with van der Waals surface area (Å²) in [7, 11) is 0. The van der Waals surface area contributed by atoms with Gasteiger partial charge in [-0.3, -0.25) is 4.79 Å². The van der Waals surface area contributed by atoms with Gasteiger partial charge in [-0.25, -0.2) is 0 Å². The Kier molecular flexibility index (Phi) is 7.08. The largest absolute Gasteiger partial charge is 0.493 e. The van der Waals surface area contributed by atoms with E-state index in [1.54, 1.807) is 24.3 Å². The molecule has 0 bridgehead atoms. The lowest BCUT2D eigenvalue weighted by Crippen LogP contribution is -2.16. The molecule has 0 saturated heterocycles. The van der Waals surface area contributed by atoms with Crippen molar-refractivity contribution >= 4 is 45.3 Å². The molecule has 0 aliphatic heterocycles. The molecule has 2 aromatic carbocycles. The van der Waals surface area contributed by atoms with Gasteiger partial charge in [-0.15, -0.1) is 0 Å². The number of carbonyl (C=O) groups is 1. The van der Waals surface area contributed by atoms with E-state index in [2.05, 4.69) is 26.4 Å². The van der Waals surface area contributed by atoms with Gasteiger partial charge in [-0.2, -0.15) is 0 Å². The van der Waals surface area contributed by atoms with Crippen molar-refractivity contribution in [3.63, 3.8) is 0 Å². The van der Waals surface area contributed by atoms with Crippen molar-refractivity contribution in [2.75, 3.05) is 18.5 Å². The Morgan fingerprint density at radius 2 is 2.04 bits per heavy atom. The van der Waals surface area contributed by atoms with Crippen LogP contribution in [0.25, 0.3) is 0 Å². The van der Waals surface area contributed by atoms with Crippen LogP contribution in [0, 0.1) is 0 Å². The third-order valence-electron chi connectivity index (χ3n) is 2.86. The number of ether oxygens (including phenoxy) is 1. The molecule has 0 unspecified atom stereocenters. The topological polar surface area (TPSA) is 59.9 Å². The Morgan fingerprint density at radius 3 is 2.75 bits per heavy atom. The predicted molar refractivity (Wildman–Crippen MR) is 98.9 cm³/mol. The van der Waals surface area contributed by atoms with Crippen LogP contribution in [-0.2, 0) is 9.63 Å². The SMILES string of the molecule is CCOc1ccc(Br)cc1/C=N/OCC(=O)Nc1ccc(Cl)cc1. The highest BCUT2D eigenvalue weighted by molar-refractivity contribution is 9.10. The number of benzene rings is 2. The molecule has 126 valence electrons. The molecule has 1 amide bonds. The summed E-state index contributed by atoms with van der Waals surface area (Å²) < 4.78 is 6.40. The van der Waals surface area contributed by atoms with Gasteiger partial charge in [0, 0.05) is 20.7 Å². The van der Waals surface area contributed by atoms with E-state index in [0.29, 0.717) is 23.1 Å². The van der Waals surface area contributed by atoms with Gasteiger partial charge < -0.3 is 14.9 Å². The van der Waals surface area contributed by atoms with Crippen molar-refractivity contribution in [3.8, 4) is 5.75 Å². The molecule has 24 heavy (non-hydrogen) atoms. The monoisotopic (exact) mass is 410 g/mol. The Bertz CT molecular complexity index is 720. The minimum Gasteiger partial charge on any atom is -0.493 e. The Morgan fingerprint density at radius 1 is 1.29 bits per heavy atom. The molecule has 0 aromatic heterocycles. The van der Waals surface area contributed by atoms with E-state index in [0.717, 1.165) is 10.0 Å². The van der Waals surface area contributed by atoms with Crippen molar-refractivity contribution in [2.45, 2.75) is 6.92 Å². The van der Waals surface area contributed by atoms with Crippen molar-refractivity contribution < 1.29 is 14.4 Å². The lowest BCUT2D eigenvalue weighted by Gasteiger charge is -2.07. The van der Waals surface area contributed by atoms with Gasteiger partial charge in [-0.05, 0) is 49.4 Å². The fourth-order valence-electron chi connectivity index (χ4n) is 1.83. The molecule has 0 spiro atoms. The number of hydrogen-bond acceptors (Lipinski definition) is 4. The summed E-state index contributed by atoms with van der Waals surface area (Å²) in [6, 6.07) is 12.4.